The first kappa shape index (κ1) is 17.0. The standard InChI is InChI=1S/C9H18O9/c1-3-11-5-7-13-17-15-9(10)16-18-14-8-6-12-4-2/h3-8H2,1-2H3. The predicted octanol–water partition coefficient (Wildman–Crippen LogP) is 0.939. The van der Waals surface area contributed by atoms with Gasteiger partial charge in [0.25, 0.3) is 0 Å². The molecule has 0 saturated carbocycles. The highest BCUT2D eigenvalue weighted by Crippen LogP contribution is 1.91. The van der Waals surface area contributed by atoms with Crippen molar-refractivity contribution in [3.8, 4) is 0 Å². The van der Waals surface area contributed by atoms with Gasteiger partial charge in [-0.2, -0.15) is 14.6 Å². The van der Waals surface area contributed by atoms with Gasteiger partial charge in [0.2, 0.25) is 0 Å². The molecule has 0 heterocycles. The third-order valence-corrected chi connectivity index (χ3v) is 1.33. The molecular weight excluding hydrogens is 252 g/mol. The first-order valence-electron chi connectivity index (χ1n) is 5.43. The van der Waals surface area contributed by atoms with Crippen LogP contribution in [-0.2, 0) is 39.1 Å². The molecule has 0 amide bonds. The van der Waals surface area contributed by atoms with Crippen molar-refractivity contribution in [3.05, 3.63) is 0 Å². The zero-order chi connectivity index (χ0) is 13.5. The van der Waals surface area contributed by atoms with E-state index in [1.54, 1.807) is 0 Å². The SMILES string of the molecule is CCOCCOOOC(=O)OOOCCOCC. The first-order chi connectivity index (χ1) is 8.81. The number of rotatable bonds is 12. The summed E-state index contributed by atoms with van der Waals surface area (Å²) < 4.78 is 9.84. The highest BCUT2D eigenvalue weighted by atomic mass is 17.6. The van der Waals surface area contributed by atoms with Crippen LogP contribution in [0.5, 0.6) is 0 Å². The van der Waals surface area contributed by atoms with Gasteiger partial charge in [0.15, 0.2) is 0 Å². The molecule has 0 radical (unpaired) electrons. The Morgan fingerprint density at radius 1 is 0.778 bits per heavy atom. The molecule has 0 rings (SSSR count). The third-order valence-electron chi connectivity index (χ3n) is 1.33. The lowest BCUT2D eigenvalue weighted by atomic mass is 10.8. The zero-order valence-electron chi connectivity index (χ0n) is 10.4. The Bertz CT molecular complexity index is 169. The average Bonchev–Trinajstić information content (AvgIpc) is 2.38. The van der Waals surface area contributed by atoms with E-state index in [1.165, 1.54) is 0 Å². The summed E-state index contributed by atoms with van der Waals surface area (Å²) in [5.41, 5.74) is 0. The second-order valence-electron chi connectivity index (χ2n) is 2.59. The van der Waals surface area contributed by atoms with Crippen LogP contribution in [0.3, 0.4) is 0 Å². The van der Waals surface area contributed by atoms with Crippen molar-refractivity contribution in [2.24, 2.45) is 0 Å². The minimum Gasteiger partial charge on any atom is -0.379 e. The Labute approximate surface area is 104 Å². The third kappa shape index (κ3) is 13.1. The maximum absolute atomic E-state index is 10.7. The molecule has 0 aliphatic rings. The monoisotopic (exact) mass is 270 g/mol. The van der Waals surface area contributed by atoms with Gasteiger partial charge >= 0.3 is 6.16 Å². The summed E-state index contributed by atoms with van der Waals surface area (Å²) in [7, 11) is 0. The Hall–Kier alpha value is -0.970. The second-order valence-corrected chi connectivity index (χ2v) is 2.59. The minimum absolute atomic E-state index is 0.104. The van der Waals surface area contributed by atoms with E-state index in [2.05, 4.69) is 29.6 Å². The topological polar surface area (TPSA) is 90.9 Å². The molecule has 18 heavy (non-hydrogen) atoms. The minimum atomic E-state index is -1.28. The van der Waals surface area contributed by atoms with E-state index in [1.807, 2.05) is 13.8 Å². The lowest BCUT2D eigenvalue weighted by molar-refractivity contribution is -0.528. The fourth-order valence-electron chi connectivity index (χ4n) is 0.660. The Morgan fingerprint density at radius 3 is 1.61 bits per heavy atom. The van der Waals surface area contributed by atoms with E-state index >= 15 is 0 Å². The first-order valence-corrected chi connectivity index (χ1v) is 5.43. The van der Waals surface area contributed by atoms with Crippen LogP contribution in [0.4, 0.5) is 4.79 Å². The van der Waals surface area contributed by atoms with Gasteiger partial charge in [-0.3, -0.25) is 0 Å². The van der Waals surface area contributed by atoms with Gasteiger partial charge in [0, 0.05) is 13.2 Å². The molecule has 9 heteroatoms. The number of ether oxygens (including phenoxy) is 2. The Balaban J connectivity index is 3.12. The molecule has 0 aromatic heterocycles. The molecule has 0 unspecified atom stereocenters. The van der Waals surface area contributed by atoms with Gasteiger partial charge < -0.3 is 9.47 Å². The van der Waals surface area contributed by atoms with E-state index in [4.69, 9.17) is 9.47 Å². The van der Waals surface area contributed by atoms with Crippen LogP contribution in [0.1, 0.15) is 13.8 Å². The number of carbonyl (C=O) groups excluding carboxylic acids is 1. The maximum Gasteiger partial charge on any atom is 0.577 e. The molecule has 0 aliphatic heterocycles. The highest BCUT2D eigenvalue weighted by Gasteiger charge is 2.07. The molecule has 0 bridgehead atoms. The van der Waals surface area contributed by atoms with E-state index in [9.17, 15) is 4.79 Å². The van der Waals surface area contributed by atoms with Gasteiger partial charge in [0.05, 0.1) is 13.2 Å². The molecule has 0 spiro atoms. The van der Waals surface area contributed by atoms with Gasteiger partial charge in [-0.05, 0) is 23.9 Å². The summed E-state index contributed by atoms with van der Waals surface area (Å²) in [5, 5.41) is 8.05. The lowest BCUT2D eigenvalue weighted by Crippen LogP contribution is -2.12. The molecular formula is C9H18O9. The normalized spacial score (nSPS) is 10.3. The van der Waals surface area contributed by atoms with Crippen molar-refractivity contribution in [3.63, 3.8) is 0 Å². The summed E-state index contributed by atoms with van der Waals surface area (Å²) >= 11 is 0. The van der Waals surface area contributed by atoms with Crippen LogP contribution in [0.15, 0.2) is 0 Å². The van der Waals surface area contributed by atoms with E-state index in [-0.39, 0.29) is 13.2 Å². The van der Waals surface area contributed by atoms with Gasteiger partial charge in [-0.15, -0.1) is 0 Å². The van der Waals surface area contributed by atoms with Crippen molar-refractivity contribution in [2.75, 3.05) is 39.6 Å². The molecule has 0 atom stereocenters. The number of hydrogen-bond donors (Lipinski definition) is 0. The van der Waals surface area contributed by atoms with Gasteiger partial charge in [-0.1, -0.05) is 0 Å². The van der Waals surface area contributed by atoms with Crippen molar-refractivity contribution < 1.29 is 43.9 Å². The van der Waals surface area contributed by atoms with Gasteiger partial charge in [0.1, 0.15) is 13.2 Å². The van der Waals surface area contributed by atoms with Crippen LogP contribution >= 0.6 is 0 Å². The van der Waals surface area contributed by atoms with Crippen molar-refractivity contribution in [1.29, 1.82) is 0 Å². The van der Waals surface area contributed by atoms with E-state index < -0.39 is 6.16 Å². The van der Waals surface area contributed by atoms with Crippen molar-refractivity contribution in [1.82, 2.24) is 0 Å². The molecule has 0 N–H and O–H groups in total. The quantitative estimate of drug-likeness (QED) is 0.292. The highest BCUT2D eigenvalue weighted by molar-refractivity contribution is 5.57. The van der Waals surface area contributed by atoms with Crippen LogP contribution in [0, 0.1) is 0 Å². The van der Waals surface area contributed by atoms with Crippen LogP contribution in [0.2, 0.25) is 0 Å². The average molecular weight is 270 g/mol. The number of hydrogen-bond acceptors (Lipinski definition) is 9. The fourth-order valence-corrected chi connectivity index (χ4v) is 0.660. The Morgan fingerprint density at radius 2 is 1.22 bits per heavy atom. The van der Waals surface area contributed by atoms with Gasteiger partial charge in [-0.25, -0.2) is 9.78 Å². The van der Waals surface area contributed by atoms with Crippen LogP contribution in [0.25, 0.3) is 0 Å². The van der Waals surface area contributed by atoms with E-state index in [0.29, 0.717) is 26.4 Å². The molecule has 108 valence electrons. The summed E-state index contributed by atoms with van der Waals surface area (Å²) in [6.07, 6.45) is -1.28. The second kappa shape index (κ2) is 14.1. The lowest BCUT2D eigenvalue weighted by Gasteiger charge is -2.03. The van der Waals surface area contributed by atoms with Crippen molar-refractivity contribution >= 4 is 6.16 Å². The predicted molar refractivity (Wildman–Crippen MR) is 54.6 cm³/mol. The van der Waals surface area contributed by atoms with Crippen molar-refractivity contribution in [2.45, 2.75) is 13.8 Å². The van der Waals surface area contributed by atoms with Crippen LogP contribution in [-0.4, -0.2) is 45.8 Å². The molecule has 0 aromatic rings. The van der Waals surface area contributed by atoms with E-state index in [0.717, 1.165) is 0 Å². The summed E-state index contributed by atoms with van der Waals surface area (Å²) in [6, 6.07) is 0. The van der Waals surface area contributed by atoms with Crippen LogP contribution < -0.4 is 0 Å². The summed E-state index contributed by atoms with van der Waals surface area (Å²) in [6.45, 7) is 5.60. The summed E-state index contributed by atoms with van der Waals surface area (Å²) in [4.78, 5) is 27.5. The smallest absolute Gasteiger partial charge is 0.379 e. The Kier molecular flexibility index (Phi) is 13.3. The maximum atomic E-state index is 10.7. The molecule has 0 saturated heterocycles. The summed E-state index contributed by atoms with van der Waals surface area (Å²) in [5.74, 6) is 0. The number of carbonyl (C=O) groups is 1. The molecule has 0 aromatic carbocycles. The zero-order valence-corrected chi connectivity index (χ0v) is 10.4. The molecule has 9 nitrogen and oxygen atoms in total. The molecule has 0 fully saturated rings. The molecule has 0 aliphatic carbocycles. The largest absolute Gasteiger partial charge is 0.577 e. The fraction of sp³-hybridized carbons (Fsp3) is 0.889.